The first-order valence-electron chi connectivity index (χ1n) is 5.39. The summed E-state index contributed by atoms with van der Waals surface area (Å²) in [5.74, 6) is 5.64. The van der Waals surface area contributed by atoms with Crippen molar-refractivity contribution in [3.63, 3.8) is 0 Å². The average Bonchev–Trinajstić information content (AvgIpc) is 2.38. The molecule has 0 aliphatic rings. The lowest BCUT2D eigenvalue weighted by Gasteiger charge is -2.19. The average molecular weight is 381 g/mol. The van der Waals surface area contributed by atoms with Gasteiger partial charge < -0.3 is 0 Å². The normalized spacial score (nSPS) is 12.5. The lowest BCUT2D eigenvalue weighted by Crippen LogP contribution is -2.29. The number of benzene rings is 2. The first-order chi connectivity index (χ1) is 9.02. The van der Waals surface area contributed by atoms with Gasteiger partial charge >= 0.3 is 0 Å². The van der Waals surface area contributed by atoms with Gasteiger partial charge in [0.25, 0.3) is 0 Å². The van der Waals surface area contributed by atoms with Crippen LogP contribution in [0.4, 0.5) is 0 Å². The Labute approximate surface area is 134 Å². The molecule has 2 rings (SSSR count). The Morgan fingerprint density at radius 2 is 1.68 bits per heavy atom. The Bertz CT molecular complexity index is 604. The first kappa shape index (κ1) is 15.1. The molecule has 3 N–H and O–H groups in total. The summed E-state index contributed by atoms with van der Waals surface area (Å²) < 4.78 is 0.796. The molecule has 0 spiro atoms. The van der Waals surface area contributed by atoms with Crippen LogP contribution in [-0.4, -0.2) is 0 Å². The Morgan fingerprint density at radius 3 is 2.32 bits per heavy atom. The van der Waals surface area contributed by atoms with Crippen LogP contribution in [-0.2, 0) is 0 Å². The fraction of sp³-hybridized carbons (Fsp3) is 0.0769. The van der Waals surface area contributed by atoms with Crippen LogP contribution in [0.1, 0.15) is 17.2 Å². The highest BCUT2D eigenvalue weighted by Crippen LogP contribution is 2.33. The van der Waals surface area contributed by atoms with E-state index in [2.05, 4.69) is 21.4 Å². The highest BCUT2D eigenvalue weighted by atomic mass is 79.9. The van der Waals surface area contributed by atoms with E-state index in [4.69, 9.17) is 40.6 Å². The molecule has 0 aromatic heterocycles. The van der Waals surface area contributed by atoms with Crippen LogP contribution in [0.15, 0.2) is 40.9 Å². The minimum atomic E-state index is -0.264. The monoisotopic (exact) mass is 378 g/mol. The van der Waals surface area contributed by atoms with E-state index in [1.54, 1.807) is 24.3 Å². The summed E-state index contributed by atoms with van der Waals surface area (Å²) in [6.07, 6.45) is 0. The Hall–Kier alpha value is -0.290. The van der Waals surface area contributed by atoms with Gasteiger partial charge in [0.1, 0.15) is 0 Å². The summed E-state index contributed by atoms with van der Waals surface area (Å²) in [5, 5.41) is 1.84. The molecule has 0 bridgehead atoms. The molecule has 1 atom stereocenters. The van der Waals surface area contributed by atoms with Crippen molar-refractivity contribution in [2.24, 2.45) is 5.84 Å². The van der Waals surface area contributed by atoms with Crippen LogP contribution in [0.2, 0.25) is 15.1 Å². The molecule has 19 heavy (non-hydrogen) atoms. The molecule has 2 aromatic rings. The van der Waals surface area contributed by atoms with E-state index in [9.17, 15) is 0 Å². The quantitative estimate of drug-likeness (QED) is 0.583. The zero-order valence-electron chi connectivity index (χ0n) is 9.63. The smallest absolute Gasteiger partial charge is 0.0725 e. The molecule has 0 saturated heterocycles. The number of halogens is 4. The van der Waals surface area contributed by atoms with E-state index >= 15 is 0 Å². The number of hydrogen-bond donors (Lipinski definition) is 2. The van der Waals surface area contributed by atoms with Crippen molar-refractivity contribution in [1.82, 2.24) is 5.43 Å². The summed E-state index contributed by atoms with van der Waals surface area (Å²) >= 11 is 21.6. The molecule has 0 radical (unpaired) electrons. The largest absolute Gasteiger partial charge is 0.271 e. The van der Waals surface area contributed by atoms with Crippen LogP contribution in [0.25, 0.3) is 0 Å². The molecule has 0 saturated carbocycles. The van der Waals surface area contributed by atoms with Crippen molar-refractivity contribution in [2.75, 3.05) is 0 Å². The molecule has 0 amide bonds. The number of hydrogen-bond acceptors (Lipinski definition) is 2. The van der Waals surface area contributed by atoms with Crippen LogP contribution in [0, 0.1) is 0 Å². The predicted octanol–water partition coefficient (Wildman–Crippen LogP) is 4.96. The maximum absolute atomic E-state index is 6.20. The molecule has 0 aliphatic carbocycles. The fourth-order valence-electron chi connectivity index (χ4n) is 1.79. The first-order valence-corrected chi connectivity index (χ1v) is 7.31. The van der Waals surface area contributed by atoms with E-state index in [0.29, 0.717) is 15.1 Å². The third kappa shape index (κ3) is 3.43. The van der Waals surface area contributed by atoms with Crippen molar-refractivity contribution in [3.8, 4) is 0 Å². The molecule has 0 fully saturated rings. The van der Waals surface area contributed by atoms with Gasteiger partial charge in [-0.2, -0.15) is 0 Å². The molecular formula is C13H10BrCl3N2. The second kappa shape index (κ2) is 6.44. The number of hydrazine groups is 1. The second-order valence-corrected chi connectivity index (χ2v) is 6.04. The lowest BCUT2D eigenvalue weighted by atomic mass is 9.99. The van der Waals surface area contributed by atoms with Gasteiger partial charge in [-0.3, -0.25) is 5.84 Å². The van der Waals surface area contributed by atoms with Gasteiger partial charge in [-0.25, -0.2) is 5.43 Å². The highest BCUT2D eigenvalue weighted by Gasteiger charge is 2.17. The van der Waals surface area contributed by atoms with Gasteiger partial charge in [-0.15, -0.1) is 0 Å². The van der Waals surface area contributed by atoms with Gasteiger partial charge in [0, 0.05) is 14.5 Å². The van der Waals surface area contributed by atoms with E-state index in [1.165, 1.54) is 0 Å². The summed E-state index contributed by atoms with van der Waals surface area (Å²) in [4.78, 5) is 0. The summed E-state index contributed by atoms with van der Waals surface area (Å²) in [5.41, 5.74) is 4.49. The number of nitrogens with one attached hydrogen (secondary N) is 1. The summed E-state index contributed by atoms with van der Waals surface area (Å²) in [7, 11) is 0. The molecule has 1 unspecified atom stereocenters. The van der Waals surface area contributed by atoms with Crippen molar-refractivity contribution in [3.05, 3.63) is 67.1 Å². The van der Waals surface area contributed by atoms with Crippen molar-refractivity contribution in [2.45, 2.75) is 6.04 Å². The van der Waals surface area contributed by atoms with Gasteiger partial charge in [0.15, 0.2) is 0 Å². The standard InChI is InChI=1S/C13H10BrCl3N2/c14-10-5-7(1-3-12(10)17)13(19-18)9-6-8(15)2-4-11(9)16/h1-6,13,19H,18H2. The summed E-state index contributed by atoms with van der Waals surface area (Å²) in [6, 6.07) is 10.6. The van der Waals surface area contributed by atoms with E-state index in [1.807, 2.05) is 12.1 Å². The van der Waals surface area contributed by atoms with E-state index < -0.39 is 0 Å². The Kier molecular flexibility index (Phi) is 5.12. The SMILES string of the molecule is NNC(c1ccc(Cl)c(Br)c1)c1cc(Cl)ccc1Cl. The maximum Gasteiger partial charge on any atom is 0.0725 e. The zero-order chi connectivity index (χ0) is 14.0. The second-order valence-electron chi connectivity index (χ2n) is 3.94. The third-order valence-corrected chi connectivity index (χ3v) is 4.51. The van der Waals surface area contributed by atoms with Gasteiger partial charge in [-0.05, 0) is 57.4 Å². The van der Waals surface area contributed by atoms with Crippen molar-refractivity contribution >= 4 is 50.7 Å². The molecule has 100 valence electrons. The molecule has 2 aromatic carbocycles. The van der Waals surface area contributed by atoms with Crippen LogP contribution >= 0.6 is 50.7 Å². The van der Waals surface area contributed by atoms with Crippen molar-refractivity contribution in [1.29, 1.82) is 0 Å². The highest BCUT2D eigenvalue weighted by molar-refractivity contribution is 9.10. The molecule has 0 heterocycles. The molecule has 2 nitrogen and oxygen atoms in total. The van der Waals surface area contributed by atoms with Gasteiger partial charge in [0.05, 0.1) is 11.1 Å². The Morgan fingerprint density at radius 1 is 1.00 bits per heavy atom. The van der Waals surface area contributed by atoms with Gasteiger partial charge in [0.2, 0.25) is 0 Å². The molecular weight excluding hydrogens is 370 g/mol. The minimum absolute atomic E-state index is 0.264. The summed E-state index contributed by atoms with van der Waals surface area (Å²) in [6.45, 7) is 0. The van der Waals surface area contributed by atoms with Crippen molar-refractivity contribution < 1.29 is 0 Å². The van der Waals surface area contributed by atoms with Crippen LogP contribution in [0.5, 0.6) is 0 Å². The maximum atomic E-state index is 6.20. The number of nitrogens with two attached hydrogens (primary N) is 1. The van der Waals surface area contributed by atoms with E-state index in [0.717, 1.165) is 15.6 Å². The third-order valence-electron chi connectivity index (χ3n) is 2.71. The minimum Gasteiger partial charge on any atom is -0.271 e. The molecule has 0 aliphatic heterocycles. The fourth-order valence-corrected chi connectivity index (χ4v) is 2.71. The zero-order valence-corrected chi connectivity index (χ0v) is 13.5. The van der Waals surface area contributed by atoms with Crippen LogP contribution in [0.3, 0.4) is 0 Å². The predicted molar refractivity (Wildman–Crippen MR) is 84.8 cm³/mol. The van der Waals surface area contributed by atoms with Gasteiger partial charge in [-0.1, -0.05) is 40.9 Å². The number of rotatable bonds is 3. The van der Waals surface area contributed by atoms with E-state index in [-0.39, 0.29) is 6.04 Å². The topological polar surface area (TPSA) is 38.0 Å². The lowest BCUT2D eigenvalue weighted by molar-refractivity contribution is 0.637. The van der Waals surface area contributed by atoms with Crippen LogP contribution < -0.4 is 11.3 Å². The molecule has 6 heteroatoms. The Balaban J connectivity index is 2.49.